The van der Waals surface area contributed by atoms with E-state index >= 15 is 0 Å². The predicted molar refractivity (Wildman–Crippen MR) is 121 cm³/mol. The van der Waals surface area contributed by atoms with Crippen molar-refractivity contribution in [3.05, 3.63) is 93.5 Å². The van der Waals surface area contributed by atoms with Gasteiger partial charge in [0.15, 0.2) is 0 Å². The van der Waals surface area contributed by atoms with Gasteiger partial charge in [-0.3, -0.25) is 4.79 Å². The van der Waals surface area contributed by atoms with Crippen LogP contribution >= 0.6 is 23.2 Å². The van der Waals surface area contributed by atoms with E-state index < -0.39 is 10.0 Å². The topological polar surface area (TPSA) is 98.5 Å². The van der Waals surface area contributed by atoms with Crippen molar-refractivity contribution >= 4 is 39.1 Å². The third kappa shape index (κ3) is 6.45. The lowest BCUT2D eigenvalue weighted by molar-refractivity contribution is 0.0949. The molecular weight excluding hydrogens is 459 g/mol. The number of hydrogen-bond acceptors (Lipinski definition) is 4. The zero-order valence-electron chi connectivity index (χ0n) is 16.3. The number of nitrogens with two attached hydrogens (primary N) is 1. The molecule has 31 heavy (non-hydrogen) atoms. The minimum Gasteiger partial charge on any atom is -0.488 e. The Bertz CT molecular complexity index is 1180. The maximum absolute atomic E-state index is 12.6. The van der Waals surface area contributed by atoms with E-state index in [0.717, 1.165) is 11.1 Å². The molecule has 1 amide bonds. The van der Waals surface area contributed by atoms with Crippen molar-refractivity contribution in [2.75, 3.05) is 6.54 Å². The third-order valence-electron chi connectivity index (χ3n) is 4.48. The first-order chi connectivity index (χ1) is 14.7. The van der Waals surface area contributed by atoms with Crippen molar-refractivity contribution in [2.45, 2.75) is 17.9 Å². The monoisotopic (exact) mass is 478 g/mol. The van der Waals surface area contributed by atoms with Gasteiger partial charge in [0, 0.05) is 22.2 Å². The van der Waals surface area contributed by atoms with E-state index in [1.165, 1.54) is 12.1 Å². The fourth-order valence-corrected chi connectivity index (χ4v) is 3.81. The van der Waals surface area contributed by atoms with E-state index in [9.17, 15) is 13.2 Å². The molecule has 3 rings (SSSR count). The van der Waals surface area contributed by atoms with Crippen LogP contribution < -0.4 is 15.2 Å². The average Bonchev–Trinajstić information content (AvgIpc) is 2.73. The first-order valence-corrected chi connectivity index (χ1v) is 11.6. The lowest BCUT2D eigenvalue weighted by Crippen LogP contribution is -2.26. The number of nitrogens with one attached hydrogen (secondary N) is 1. The van der Waals surface area contributed by atoms with Gasteiger partial charge >= 0.3 is 0 Å². The number of carbonyl (C=O) groups is 1. The molecular formula is C22H20Cl2N2O4S. The molecule has 0 saturated heterocycles. The Morgan fingerprint density at radius 1 is 1.00 bits per heavy atom. The maximum atomic E-state index is 12.6. The second-order valence-electron chi connectivity index (χ2n) is 6.72. The van der Waals surface area contributed by atoms with Gasteiger partial charge in [0.1, 0.15) is 12.4 Å². The molecule has 0 aliphatic rings. The fourth-order valence-electron chi connectivity index (χ4n) is 2.84. The van der Waals surface area contributed by atoms with Crippen LogP contribution in [0.5, 0.6) is 5.75 Å². The van der Waals surface area contributed by atoms with Gasteiger partial charge in [0.05, 0.1) is 10.5 Å². The summed E-state index contributed by atoms with van der Waals surface area (Å²) in [6.07, 6.45) is 0.528. The van der Waals surface area contributed by atoms with Gasteiger partial charge in [-0.1, -0.05) is 53.5 Å². The van der Waals surface area contributed by atoms with Crippen LogP contribution in [0.1, 0.15) is 21.5 Å². The maximum Gasteiger partial charge on any atom is 0.255 e. The first-order valence-electron chi connectivity index (χ1n) is 9.30. The number of halogens is 2. The van der Waals surface area contributed by atoms with Gasteiger partial charge in [-0.15, -0.1) is 0 Å². The molecule has 0 atom stereocenters. The Morgan fingerprint density at radius 2 is 1.71 bits per heavy atom. The van der Waals surface area contributed by atoms with Crippen LogP contribution in [0.15, 0.2) is 71.6 Å². The molecule has 0 fully saturated rings. The summed E-state index contributed by atoms with van der Waals surface area (Å²) in [4.78, 5) is 12.7. The van der Waals surface area contributed by atoms with E-state index in [1.54, 1.807) is 54.6 Å². The van der Waals surface area contributed by atoms with Crippen LogP contribution in [0.4, 0.5) is 0 Å². The van der Waals surface area contributed by atoms with Crippen LogP contribution in [0, 0.1) is 0 Å². The van der Waals surface area contributed by atoms with Gasteiger partial charge < -0.3 is 10.1 Å². The molecule has 3 aromatic rings. The zero-order chi connectivity index (χ0) is 22.4. The van der Waals surface area contributed by atoms with E-state index in [1.807, 2.05) is 0 Å². The standard InChI is InChI=1S/C22H20Cl2N2O4S/c23-17-8-7-16(20(24)13-17)14-30-21-4-2-1-3-19(21)22(27)26-12-11-15-5-9-18(10-6-15)31(25,28)29/h1-10,13H,11-12,14H2,(H,26,27)(H2,25,28,29). The molecule has 0 aliphatic heterocycles. The molecule has 3 N–H and O–H groups in total. The molecule has 9 heteroatoms. The number of rotatable bonds is 8. The van der Waals surface area contributed by atoms with Crippen molar-refractivity contribution in [2.24, 2.45) is 5.14 Å². The van der Waals surface area contributed by atoms with Gasteiger partial charge in [-0.05, 0) is 48.4 Å². The Labute approximate surface area is 191 Å². The molecule has 0 heterocycles. The number of carbonyl (C=O) groups excluding carboxylic acids is 1. The SMILES string of the molecule is NS(=O)(=O)c1ccc(CCNC(=O)c2ccccc2OCc2ccc(Cl)cc2Cl)cc1. The molecule has 3 aromatic carbocycles. The Balaban J connectivity index is 1.59. The highest BCUT2D eigenvalue weighted by Crippen LogP contribution is 2.24. The van der Waals surface area contributed by atoms with Gasteiger partial charge in [-0.2, -0.15) is 0 Å². The minimum absolute atomic E-state index is 0.0483. The normalized spacial score (nSPS) is 11.2. The molecule has 162 valence electrons. The smallest absolute Gasteiger partial charge is 0.255 e. The third-order valence-corrected chi connectivity index (χ3v) is 6.00. The lowest BCUT2D eigenvalue weighted by atomic mass is 10.1. The quantitative estimate of drug-likeness (QED) is 0.506. The number of para-hydroxylation sites is 1. The summed E-state index contributed by atoms with van der Waals surface area (Å²) in [5.41, 5.74) is 2.02. The first kappa shape index (κ1) is 23.1. The Hall–Kier alpha value is -2.58. The number of benzene rings is 3. The summed E-state index contributed by atoms with van der Waals surface area (Å²) >= 11 is 12.1. The predicted octanol–water partition coefficient (Wildman–Crippen LogP) is 4.19. The molecule has 0 aliphatic carbocycles. The van der Waals surface area contributed by atoms with Crippen molar-refractivity contribution in [1.29, 1.82) is 0 Å². The largest absolute Gasteiger partial charge is 0.488 e. The zero-order valence-corrected chi connectivity index (χ0v) is 18.7. The van der Waals surface area contributed by atoms with Crippen molar-refractivity contribution in [3.63, 3.8) is 0 Å². The van der Waals surface area contributed by atoms with Crippen LogP contribution in [-0.2, 0) is 23.1 Å². The molecule has 0 aromatic heterocycles. The van der Waals surface area contributed by atoms with E-state index in [4.69, 9.17) is 33.1 Å². The summed E-state index contributed by atoms with van der Waals surface area (Å²) in [5.74, 6) is 0.155. The number of sulfonamides is 1. The lowest BCUT2D eigenvalue weighted by Gasteiger charge is -2.13. The number of amides is 1. The molecule has 0 bridgehead atoms. The summed E-state index contributed by atoms with van der Waals surface area (Å²) in [7, 11) is -3.72. The second kappa shape index (κ2) is 10.2. The molecule has 0 saturated carbocycles. The van der Waals surface area contributed by atoms with E-state index in [2.05, 4.69) is 5.32 Å². The molecule has 0 radical (unpaired) electrons. The fraction of sp³-hybridized carbons (Fsp3) is 0.136. The van der Waals surface area contributed by atoms with E-state index in [0.29, 0.717) is 34.3 Å². The summed E-state index contributed by atoms with van der Waals surface area (Å²) < 4.78 is 28.4. The molecule has 0 spiro atoms. The highest BCUT2D eigenvalue weighted by atomic mass is 35.5. The van der Waals surface area contributed by atoms with Crippen molar-refractivity contribution < 1.29 is 17.9 Å². The van der Waals surface area contributed by atoms with Crippen LogP contribution in [0.2, 0.25) is 10.0 Å². The highest BCUT2D eigenvalue weighted by Gasteiger charge is 2.13. The van der Waals surface area contributed by atoms with Crippen molar-refractivity contribution in [3.8, 4) is 5.75 Å². The average molecular weight is 479 g/mol. The van der Waals surface area contributed by atoms with Gasteiger partial charge in [-0.25, -0.2) is 13.6 Å². The molecule has 6 nitrogen and oxygen atoms in total. The number of hydrogen-bond donors (Lipinski definition) is 2. The Kier molecular flexibility index (Phi) is 7.56. The van der Waals surface area contributed by atoms with E-state index in [-0.39, 0.29) is 17.4 Å². The van der Waals surface area contributed by atoms with Crippen LogP contribution in [-0.4, -0.2) is 20.9 Å². The number of primary sulfonamides is 1. The highest BCUT2D eigenvalue weighted by molar-refractivity contribution is 7.89. The van der Waals surface area contributed by atoms with Crippen molar-refractivity contribution in [1.82, 2.24) is 5.32 Å². The Morgan fingerprint density at radius 3 is 2.39 bits per heavy atom. The van der Waals surface area contributed by atoms with Crippen LogP contribution in [0.25, 0.3) is 0 Å². The minimum atomic E-state index is -3.72. The molecule has 0 unspecified atom stereocenters. The van der Waals surface area contributed by atoms with Gasteiger partial charge in [0.25, 0.3) is 5.91 Å². The summed E-state index contributed by atoms with van der Waals surface area (Å²) in [6.45, 7) is 0.557. The second-order valence-corrected chi connectivity index (χ2v) is 9.12. The van der Waals surface area contributed by atoms with Gasteiger partial charge in [0.2, 0.25) is 10.0 Å². The summed E-state index contributed by atoms with van der Waals surface area (Å²) in [6, 6.07) is 18.3. The van der Waals surface area contributed by atoms with Crippen LogP contribution in [0.3, 0.4) is 0 Å². The number of ether oxygens (including phenoxy) is 1. The summed E-state index contributed by atoms with van der Waals surface area (Å²) in [5, 5.41) is 8.96.